The third-order valence-electron chi connectivity index (χ3n) is 4.46. The summed E-state index contributed by atoms with van der Waals surface area (Å²) in [5, 5.41) is 0. The highest BCUT2D eigenvalue weighted by molar-refractivity contribution is 7.89. The predicted octanol–water partition coefficient (Wildman–Crippen LogP) is 3.61. The second-order valence-electron chi connectivity index (χ2n) is 6.09. The molecule has 128 valence electrons. The third kappa shape index (κ3) is 3.49. The predicted molar refractivity (Wildman–Crippen MR) is 88.0 cm³/mol. The fraction of sp³-hybridized carbons (Fsp3) is 0.333. The summed E-state index contributed by atoms with van der Waals surface area (Å²) in [6.45, 7) is 0.571. The van der Waals surface area contributed by atoms with Crippen LogP contribution in [0.3, 0.4) is 0 Å². The van der Waals surface area contributed by atoms with Gasteiger partial charge in [0, 0.05) is 13.1 Å². The van der Waals surface area contributed by atoms with Crippen molar-refractivity contribution in [1.29, 1.82) is 0 Å². The lowest BCUT2D eigenvalue weighted by molar-refractivity contribution is 0.271. The van der Waals surface area contributed by atoms with Crippen LogP contribution in [0.2, 0.25) is 0 Å². The molecule has 1 saturated heterocycles. The van der Waals surface area contributed by atoms with Crippen LogP contribution >= 0.6 is 0 Å². The summed E-state index contributed by atoms with van der Waals surface area (Å²) in [4.78, 5) is -0.841. The van der Waals surface area contributed by atoms with Crippen LogP contribution < -0.4 is 0 Å². The lowest BCUT2D eigenvalue weighted by Crippen LogP contribution is -2.39. The van der Waals surface area contributed by atoms with Crippen molar-refractivity contribution >= 4 is 10.0 Å². The maximum Gasteiger partial charge on any atom is 0.248 e. The van der Waals surface area contributed by atoms with Gasteiger partial charge in [0.05, 0.1) is 0 Å². The minimum absolute atomic E-state index is 0.285. The van der Waals surface area contributed by atoms with Crippen LogP contribution in [0.5, 0.6) is 0 Å². The average Bonchev–Trinajstić information content (AvgIpc) is 2.56. The third-order valence-corrected chi connectivity index (χ3v) is 6.41. The van der Waals surface area contributed by atoms with Gasteiger partial charge < -0.3 is 0 Å². The highest BCUT2D eigenvalue weighted by atomic mass is 32.2. The largest absolute Gasteiger partial charge is 0.248 e. The van der Waals surface area contributed by atoms with Crippen LogP contribution in [0, 0.1) is 17.6 Å². The van der Waals surface area contributed by atoms with Crippen LogP contribution in [-0.2, 0) is 16.4 Å². The number of piperidine rings is 1. The van der Waals surface area contributed by atoms with Crippen LogP contribution in [0.4, 0.5) is 8.78 Å². The van der Waals surface area contributed by atoms with Crippen LogP contribution in [0.25, 0.3) is 0 Å². The number of hydrogen-bond donors (Lipinski definition) is 0. The van der Waals surface area contributed by atoms with E-state index in [1.807, 2.05) is 18.2 Å². The quantitative estimate of drug-likeness (QED) is 0.844. The van der Waals surface area contributed by atoms with Crippen molar-refractivity contribution < 1.29 is 17.2 Å². The van der Waals surface area contributed by atoms with E-state index in [2.05, 4.69) is 12.1 Å². The van der Waals surface area contributed by atoms with Gasteiger partial charge in [-0.2, -0.15) is 4.31 Å². The van der Waals surface area contributed by atoms with E-state index < -0.39 is 26.6 Å². The maximum absolute atomic E-state index is 13.8. The summed E-state index contributed by atoms with van der Waals surface area (Å²) in [7, 11) is -4.14. The van der Waals surface area contributed by atoms with Gasteiger partial charge in [-0.05, 0) is 42.9 Å². The zero-order valence-electron chi connectivity index (χ0n) is 13.2. The number of hydrogen-bond acceptors (Lipinski definition) is 2. The zero-order valence-corrected chi connectivity index (χ0v) is 14.0. The number of halogens is 2. The first-order valence-corrected chi connectivity index (χ1v) is 9.40. The molecule has 1 aliphatic heterocycles. The fourth-order valence-corrected chi connectivity index (χ4v) is 4.74. The van der Waals surface area contributed by atoms with Gasteiger partial charge in [-0.3, -0.25) is 0 Å². The Morgan fingerprint density at radius 1 is 0.917 bits per heavy atom. The van der Waals surface area contributed by atoms with E-state index in [-0.39, 0.29) is 13.1 Å². The molecular weight excluding hydrogens is 332 g/mol. The Bertz CT molecular complexity index is 781. The molecule has 1 fully saturated rings. The first-order chi connectivity index (χ1) is 11.5. The summed E-state index contributed by atoms with van der Waals surface area (Å²) < 4.78 is 53.9. The Balaban J connectivity index is 1.70. The summed E-state index contributed by atoms with van der Waals surface area (Å²) >= 11 is 0. The molecule has 0 bridgehead atoms. The lowest BCUT2D eigenvalue weighted by atomic mass is 9.91. The van der Waals surface area contributed by atoms with Crippen LogP contribution in [-0.4, -0.2) is 25.8 Å². The lowest BCUT2D eigenvalue weighted by Gasteiger charge is -2.31. The molecule has 0 aromatic heterocycles. The van der Waals surface area contributed by atoms with E-state index in [9.17, 15) is 17.2 Å². The normalized spacial score (nSPS) is 17.1. The van der Waals surface area contributed by atoms with Gasteiger partial charge in [-0.15, -0.1) is 0 Å². The van der Waals surface area contributed by atoms with Gasteiger partial charge >= 0.3 is 0 Å². The van der Waals surface area contributed by atoms with Crippen molar-refractivity contribution in [3.8, 4) is 0 Å². The highest BCUT2D eigenvalue weighted by Crippen LogP contribution is 2.28. The van der Waals surface area contributed by atoms with Crippen molar-refractivity contribution in [2.75, 3.05) is 13.1 Å². The molecule has 0 N–H and O–H groups in total. The highest BCUT2D eigenvalue weighted by Gasteiger charge is 2.33. The minimum Gasteiger partial charge on any atom is -0.207 e. The van der Waals surface area contributed by atoms with Crippen molar-refractivity contribution in [1.82, 2.24) is 4.31 Å². The summed E-state index contributed by atoms with van der Waals surface area (Å²) in [5.41, 5.74) is 1.22. The van der Waals surface area contributed by atoms with Crippen molar-refractivity contribution in [2.24, 2.45) is 5.92 Å². The van der Waals surface area contributed by atoms with Gasteiger partial charge in [0.15, 0.2) is 4.90 Å². The second kappa shape index (κ2) is 6.99. The number of sulfonamides is 1. The Hall–Kier alpha value is -1.79. The fourth-order valence-electron chi connectivity index (χ4n) is 3.16. The smallest absolute Gasteiger partial charge is 0.207 e. The molecule has 2 aromatic rings. The van der Waals surface area contributed by atoms with E-state index in [0.29, 0.717) is 18.8 Å². The molecule has 0 saturated carbocycles. The zero-order chi connectivity index (χ0) is 17.2. The van der Waals surface area contributed by atoms with E-state index in [1.54, 1.807) is 0 Å². The van der Waals surface area contributed by atoms with E-state index in [4.69, 9.17) is 0 Å². The van der Waals surface area contributed by atoms with Crippen molar-refractivity contribution in [3.05, 3.63) is 65.7 Å². The minimum atomic E-state index is -4.14. The second-order valence-corrected chi connectivity index (χ2v) is 7.96. The number of nitrogens with zero attached hydrogens (tertiary/aromatic N) is 1. The molecule has 0 unspecified atom stereocenters. The van der Waals surface area contributed by atoms with Crippen LogP contribution in [0.1, 0.15) is 18.4 Å². The van der Waals surface area contributed by atoms with E-state index in [0.717, 1.165) is 24.6 Å². The molecule has 0 radical (unpaired) electrons. The van der Waals surface area contributed by atoms with Crippen molar-refractivity contribution in [3.63, 3.8) is 0 Å². The molecule has 1 aliphatic rings. The topological polar surface area (TPSA) is 37.4 Å². The van der Waals surface area contributed by atoms with Gasteiger partial charge in [-0.25, -0.2) is 17.2 Å². The van der Waals surface area contributed by atoms with Gasteiger partial charge in [0.2, 0.25) is 10.0 Å². The van der Waals surface area contributed by atoms with Crippen molar-refractivity contribution in [2.45, 2.75) is 24.2 Å². The Morgan fingerprint density at radius 2 is 1.50 bits per heavy atom. The molecule has 0 atom stereocenters. The molecule has 3 rings (SSSR count). The van der Waals surface area contributed by atoms with E-state index in [1.165, 1.54) is 9.87 Å². The maximum atomic E-state index is 13.8. The van der Waals surface area contributed by atoms with Gasteiger partial charge in [-0.1, -0.05) is 36.4 Å². The molecule has 1 heterocycles. The van der Waals surface area contributed by atoms with Gasteiger partial charge in [0.1, 0.15) is 11.6 Å². The first-order valence-electron chi connectivity index (χ1n) is 7.96. The number of benzene rings is 2. The van der Waals surface area contributed by atoms with E-state index >= 15 is 0 Å². The molecule has 3 nitrogen and oxygen atoms in total. The molecule has 2 aromatic carbocycles. The molecular formula is C18H19F2NO2S. The molecule has 24 heavy (non-hydrogen) atoms. The van der Waals surface area contributed by atoms with Gasteiger partial charge in [0.25, 0.3) is 0 Å². The van der Waals surface area contributed by atoms with Crippen LogP contribution in [0.15, 0.2) is 53.4 Å². The summed E-state index contributed by atoms with van der Waals surface area (Å²) in [5.74, 6) is -1.70. The molecule has 0 aliphatic carbocycles. The Morgan fingerprint density at radius 3 is 2.08 bits per heavy atom. The Kier molecular flexibility index (Phi) is 4.96. The summed E-state index contributed by atoms with van der Waals surface area (Å²) in [6, 6.07) is 13.1. The standard InChI is InChI=1S/C18H19F2NO2S/c19-16-7-4-8-17(20)18(16)24(22,23)21-11-9-15(10-12-21)13-14-5-2-1-3-6-14/h1-8,15H,9-13H2. The first kappa shape index (κ1) is 17.0. The number of rotatable bonds is 4. The molecule has 0 spiro atoms. The molecule has 0 amide bonds. The Labute approximate surface area is 141 Å². The SMILES string of the molecule is O=S(=O)(c1c(F)cccc1F)N1CCC(Cc2ccccc2)CC1. The molecule has 6 heteroatoms. The average molecular weight is 351 g/mol. The monoisotopic (exact) mass is 351 g/mol. The summed E-state index contributed by atoms with van der Waals surface area (Å²) in [6.07, 6.45) is 2.26.